The molecule has 5 heteroatoms. The molecule has 0 spiro atoms. The Morgan fingerprint density at radius 1 is 1.53 bits per heavy atom. The Morgan fingerprint density at radius 2 is 2.27 bits per heavy atom. The Kier molecular flexibility index (Phi) is 4.24. The Balaban J connectivity index is 3.08. The molecule has 0 amide bonds. The molecule has 1 aromatic rings. The van der Waals surface area contributed by atoms with Gasteiger partial charge in [0.05, 0.1) is 13.0 Å². The van der Waals surface area contributed by atoms with Crippen LogP contribution in [0.3, 0.4) is 0 Å². The molecule has 0 aliphatic heterocycles. The van der Waals surface area contributed by atoms with E-state index < -0.39 is 5.97 Å². The summed E-state index contributed by atoms with van der Waals surface area (Å²) in [4.78, 5) is 10.9. The minimum absolute atomic E-state index is 0.0690. The number of hydrogen-bond acceptors (Lipinski definition) is 3. The van der Waals surface area contributed by atoms with Crippen LogP contribution in [0, 0.1) is 0 Å². The molecule has 0 aromatic heterocycles. The van der Waals surface area contributed by atoms with Crippen molar-refractivity contribution in [3.8, 4) is 11.5 Å². The number of para-hydroxylation sites is 1. The maximum atomic E-state index is 10.9. The van der Waals surface area contributed by atoms with Crippen LogP contribution in [0.5, 0.6) is 11.5 Å². The first-order valence-corrected chi connectivity index (χ1v) is 4.83. The summed E-state index contributed by atoms with van der Waals surface area (Å²) in [5.41, 5.74) is 0.0690. The number of aromatic carboxylic acids is 1. The van der Waals surface area contributed by atoms with Crippen LogP contribution in [0.15, 0.2) is 18.2 Å². The lowest BCUT2D eigenvalue weighted by molar-refractivity contribution is 0.0691. The van der Waals surface area contributed by atoms with Crippen molar-refractivity contribution >= 4 is 17.6 Å². The standard InChI is InChI=1S/C10H11ClO4/c1-14-8-4-2-3-7(10(12)13)9(8)15-6-5-11/h2-4H,5-6H2,1H3,(H,12,13). The first-order valence-electron chi connectivity index (χ1n) is 4.29. The lowest BCUT2D eigenvalue weighted by atomic mass is 10.2. The highest BCUT2D eigenvalue weighted by Crippen LogP contribution is 2.30. The van der Waals surface area contributed by atoms with Crippen LogP contribution in [-0.4, -0.2) is 30.7 Å². The van der Waals surface area contributed by atoms with Crippen LogP contribution in [0.1, 0.15) is 10.4 Å². The van der Waals surface area contributed by atoms with Gasteiger partial charge in [0.2, 0.25) is 0 Å². The highest BCUT2D eigenvalue weighted by atomic mass is 35.5. The predicted molar refractivity (Wildman–Crippen MR) is 56.2 cm³/mol. The normalized spacial score (nSPS) is 9.73. The summed E-state index contributed by atoms with van der Waals surface area (Å²) >= 11 is 5.47. The van der Waals surface area contributed by atoms with Gasteiger partial charge in [0.25, 0.3) is 0 Å². The Morgan fingerprint density at radius 3 is 2.80 bits per heavy atom. The van der Waals surface area contributed by atoms with E-state index in [-0.39, 0.29) is 23.8 Å². The van der Waals surface area contributed by atoms with E-state index in [1.165, 1.54) is 13.2 Å². The minimum Gasteiger partial charge on any atom is -0.493 e. The molecule has 0 aliphatic carbocycles. The molecule has 1 N–H and O–H groups in total. The zero-order chi connectivity index (χ0) is 11.3. The highest BCUT2D eigenvalue weighted by Gasteiger charge is 2.15. The SMILES string of the molecule is COc1cccc(C(=O)O)c1OCCCl. The summed E-state index contributed by atoms with van der Waals surface area (Å²) in [6, 6.07) is 4.68. The van der Waals surface area contributed by atoms with Crippen LogP contribution in [-0.2, 0) is 0 Å². The van der Waals surface area contributed by atoms with Gasteiger partial charge in [-0.15, -0.1) is 11.6 Å². The number of rotatable bonds is 5. The molecule has 82 valence electrons. The number of hydrogen-bond donors (Lipinski definition) is 1. The van der Waals surface area contributed by atoms with Gasteiger partial charge in [0, 0.05) is 0 Å². The van der Waals surface area contributed by atoms with E-state index >= 15 is 0 Å². The van der Waals surface area contributed by atoms with Crippen LogP contribution in [0.25, 0.3) is 0 Å². The van der Waals surface area contributed by atoms with E-state index in [1.807, 2.05) is 0 Å². The molecule has 0 saturated heterocycles. The minimum atomic E-state index is -1.06. The summed E-state index contributed by atoms with van der Waals surface area (Å²) in [5, 5.41) is 8.92. The van der Waals surface area contributed by atoms with Gasteiger partial charge >= 0.3 is 5.97 Å². The molecule has 0 fully saturated rings. The van der Waals surface area contributed by atoms with Gasteiger partial charge in [0.1, 0.15) is 12.2 Å². The fourth-order valence-corrected chi connectivity index (χ4v) is 1.21. The second-order valence-electron chi connectivity index (χ2n) is 2.68. The van der Waals surface area contributed by atoms with Crippen LogP contribution in [0.2, 0.25) is 0 Å². The third-order valence-corrected chi connectivity index (χ3v) is 1.91. The molecule has 0 radical (unpaired) electrons. The number of halogens is 1. The van der Waals surface area contributed by atoms with Crippen molar-refractivity contribution in [2.24, 2.45) is 0 Å². The fraction of sp³-hybridized carbons (Fsp3) is 0.300. The predicted octanol–water partition coefficient (Wildman–Crippen LogP) is 2.01. The van der Waals surface area contributed by atoms with Crippen molar-refractivity contribution in [1.82, 2.24) is 0 Å². The molecule has 15 heavy (non-hydrogen) atoms. The number of methoxy groups -OCH3 is 1. The van der Waals surface area contributed by atoms with Crippen molar-refractivity contribution in [3.05, 3.63) is 23.8 Å². The van der Waals surface area contributed by atoms with E-state index in [0.29, 0.717) is 5.75 Å². The van der Waals surface area contributed by atoms with Gasteiger partial charge in [-0.05, 0) is 12.1 Å². The molecule has 1 aromatic carbocycles. The zero-order valence-electron chi connectivity index (χ0n) is 8.20. The summed E-state index contributed by atoms with van der Waals surface area (Å²) in [7, 11) is 1.45. The number of ether oxygens (including phenoxy) is 2. The Hall–Kier alpha value is -1.42. The summed E-state index contributed by atoms with van der Waals surface area (Å²) in [6.45, 7) is 0.238. The van der Waals surface area contributed by atoms with Crippen molar-refractivity contribution in [2.75, 3.05) is 19.6 Å². The average Bonchev–Trinajstić information content (AvgIpc) is 2.25. The largest absolute Gasteiger partial charge is 0.493 e. The van der Waals surface area contributed by atoms with Crippen molar-refractivity contribution in [2.45, 2.75) is 0 Å². The monoisotopic (exact) mass is 230 g/mol. The molecular weight excluding hydrogens is 220 g/mol. The number of carbonyl (C=O) groups is 1. The van der Waals surface area contributed by atoms with Gasteiger partial charge in [0.15, 0.2) is 11.5 Å². The molecule has 0 unspecified atom stereocenters. The first-order chi connectivity index (χ1) is 7.20. The molecular formula is C10H11ClO4. The number of carboxylic acids is 1. The Bertz CT molecular complexity index is 351. The van der Waals surface area contributed by atoms with E-state index in [2.05, 4.69) is 0 Å². The van der Waals surface area contributed by atoms with Gasteiger partial charge in [-0.3, -0.25) is 0 Å². The molecule has 0 heterocycles. The molecule has 4 nitrogen and oxygen atoms in total. The third kappa shape index (κ3) is 2.76. The second-order valence-corrected chi connectivity index (χ2v) is 3.06. The molecule has 0 saturated carbocycles. The highest BCUT2D eigenvalue weighted by molar-refractivity contribution is 6.18. The van der Waals surface area contributed by atoms with Gasteiger partial charge in [-0.25, -0.2) is 4.79 Å². The van der Waals surface area contributed by atoms with E-state index in [4.69, 9.17) is 26.2 Å². The smallest absolute Gasteiger partial charge is 0.339 e. The topological polar surface area (TPSA) is 55.8 Å². The maximum Gasteiger partial charge on any atom is 0.339 e. The first kappa shape index (κ1) is 11.7. The van der Waals surface area contributed by atoms with Crippen molar-refractivity contribution in [3.63, 3.8) is 0 Å². The lowest BCUT2D eigenvalue weighted by Crippen LogP contribution is -2.06. The van der Waals surface area contributed by atoms with Crippen LogP contribution < -0.4 is 9.47 Å². The Labute approximate surface area is 92.4 Å². The van der Waals surface area contributed by atoms with Crippen LogP contribution in [0.4, 0.5) is 0 Å². The van der Waals surface area contributed by atoms with Crippen molar-refractivity contribution in [1.29, 1.82) is 0 Å². The van der Waals surface area contributed by atoms with E-state index in [9.17, 15) is 4.79 Å². The molecule has 0 bridgehead atoms. The quantitative estimate of drug-likeness (QED) is 0.787. The number of alkyl halides is 1. The average molecular weight is 231 g/mol. The van der Waals surface area contributed by atoms with Crippen molar-refractivity contribution < 1.29 is 19.4 Å². The van der Waals surface area contributed by atoms with E-state index in [0.717, 1.165) is 0 Å². The zero-order valence-corrected chi connectivity index (χ0v) is 8.95. The van der Waals surface area contributed by atoms with Gasteiger partial charge < -0.3 is 14.6 Å². The lowest BCUT2D eigenvalue weighted by Gasteiger charge is -2.11. The summed E-state index contributed by atoms with van der Waals surface area (Å²) < 4.78 is 10.2. The maximum absolute atomic E-state index is 10.9. The summed E-state index contributed by atoms with van der Waals surface area (Å²) in [5.74, 6) is -0.163. The summed E-state index contributed by atoms with van der Waals surface area (Å²) in [6.07, 6.45) is 0. The van der Waals surface area contributed by atoms with Gasteiger partial charge in [-0.1, -0.05) is 6.07 Å². The van der Waals surface area contributed by atoms with Gasteiger partial charge in [-0.2, -0.15) is 0 Å². The molecule has 1 rings (SSSR count). The second kappa shape index (κ2) is 5.46. The molecule has 0 atom stereocenters. The fourth-order valence-electron chi connectivity index (χ4n) is 1.13. The number of benzene rings is 1. The third-order valence-electron chi connectivity index (χ3n) is 1.75. The number of carboxylic acid groups (broad SMARTS) is 1. The molecule has 0 aliphatic rings. The van der Waals surface area contributed by atoms with Crippen LogP contribution >= 0.6 is 11.6 Å². The van der Waals surface area contributed by atoms with E-state index in [1.54, 1.807) is 12.1 Å².